The summed E-state index contributed by atoms with van der Waals surface area (Å²) in [5.41, 5.74) is 5.87. The smallest absolute Gasteiger partial charge is 0.416 e. The fraction of sp³-hybridized carbons (Fsp3) is 0. The van der Waals surface area contributed by atoms with Crippen LogP contribution in [0, 0.1) is 0 Å². The Morgan fingerprint density at radius 2 is 1.88 bits per heavy atom. The predicted octanol–water partition coefficient (Wildman–Crippen LogP) is 1.45. The average Bonchev–Trinajstić information content (AvgIpc) is 2.55. The van der Waals surface area contributed by atoms with Crippen LogP contribution in [0.3, 0.4) is 0 Å². The quantitative estimate of drug-likeness (QED) is 0.630. The molecule has 0 aliphatic rings. The van der Waals surface area contributed by atoms with Gasteiger partial charge >= 0.3 is 12.1 Å². The monoisotopic (exact) mass is 220 g/mol. The molecule has 1 aromatic heterocycles. The van der Waals surface area contributed by atoms with Crippen molar-refractivity contribution >= 4 is 28.7 Å². The highest BCUT2D eigenvalue weighted by molar-refractivity contribution is 6.01. The zero-order valence-corrected chi connectivity index (χ0v) is 8.04. The molecular weight excluding hydrogens is 212 g/mol. The summed E-state index contributed by atoms with van der Waals surface area (Å²) in [4.78, 5) is 21.8. The van der Waals surface area contributed by atoms with Gasteiger partial charge in [0.2, 0.25) is 0 Å². The molecule has 0 atom stereocenters. The largest absolute Gasteiger partial charge is 0.477 e. The van der Waals surface area contributed by atoms with Crippen molar-refractivity contribution in [2.24, 2.45) is 0 Å². The van der Waals surface area contributed by atoms with E-state index in [2.05, 4.69) is 0 Å². The van der Waals surface area contributed by atoms with Crippen molar-refractivity contribution in [1.82, 2.24) is 4.57 Å². The highest BCUT2D eigenvalue weighted by Gasteiger charge is 2.18. The van der Waals surface area contributed by atoms with E-state index in [-0.39, 0.29) is 11.2 Å². The van der Waals surface area contributed by atoms with Crippen LogP contribution >= 0.6 is 0 Å². The minimum absolute atomic E-state index is 0.268. The Morgan fingerprint density at radius 3 is 2.44 bits per heavy atom. The minimum atomic E-state index is -1.35. The van der Waals surface area contributed by atoms with Gasteiger partial charge in [0, 0.05) is 11.1 Å². The first kappa shape index (κ1) is 10.0. The number of carbonyl (C=O) groups is 2. The number of carboxylic acid groups (broad SMARTS) is 2. The zero-order chi connectivity index (χ0) is 11.9. The molecule has 82 valence electrons. The minimum Gasteiger partial charge on any atom is -0.477 e. The molecule has 2 rings (SSSR count). The molecule has 0 saturated carbocycles. The third-order valence-corrected chi connectivity index (χ3v) is 2.24. The Balaban J connectivity index is 2.88. The van der Waals surface area contributed by atoms with E-state index >= 15 is 0 Å². The van der Waals surface area contributed by atoms with Gasteiger partial charge in [0.25, 0.3) is 0 Å². The Hall–Kier alpha value is -2.50. The number of hydrogen-bond acceptors (Lipinski definition) is 3. The highest BCUT2D eigenvalue weighted by atomic mass is 16.4. The van der Waals surface area contributed by atoms with Gasteiger partial charge in [-0.2, -0.15) is 0 Å². The summed E-state index contributed by atoms with van der Waals surface area (Å²) in [6.07, 6.45) is -1.35. The van der Waals surface area contributed by atoms with E-state index in [4.69, 9.17) is 15.9 Å². The molecule has 16 heavy (non-hydrogen) atoms. The van der Waals surface area contributed by atoms with Gasteiger partial charge in [0.1, 0.15) is 5.69 Å². The SMILES string of the molecule is Nc1ccc2cc(C(=O)O)n(C(=O)O)c2c1. The first-order valence-corrected chi connectivity index (χ1v) is 4.38. The molecule has 0 spiro atoms. The van der Waals surface area contributed by atoms with Crippen LogP contribution in [0.2, 0.25) is 0 Å². The second kappa shape index (κ2) is 3.27. The second-order valence-electron chi connectivity index (χ2n) is 3.27. The van der Waals surface area contributed by atoms with Crippen LogP contribution in [0.5, 0.6) is 0 Å². The first-order valence-electron chi connectivity index (χ1n) is 4.38. The van der Waals surface area contributed by atoms with Crippen molar-refractivity contribution in [2.45, 2.75) is 0 Å². The maximum absolute atomic E-state index is 11.0. The molecule has 6 heteroatoms. The van der Waals surface area contributed by atoms with Crippen LogP contribution in [0.25, 0.3) is 10.9 Å². The predicted molar refractivity (Wildman–Crippen MR) is 56.7 cm³/mol. The second-order valence-corrected chi connectivity index (χ2v) is 3.27. The Morgan fingerprint density at radius 1 is 1.19 bits per heavy atom. The molecule has 0 unspecified atom stereocenters. The van der Waals surface area contributed by atoms with Crippen LogP contribution in [0.15, 0.2) is 24.3 Å². The van der Waals surface area contributed by atoms with Gasteiger partial charge in [-0.1, -0.05) is 6.07 Å². The van der Waals surface area contributed by atoms with Crippen LogP contribution < -0.4 is 5.73 Å². The van der Waals surface area contributed by atoms with Crippen molar-refractivity contribution in [3.63, 3.8) is 0 Å². The van der Waals surface area contributed by atoms with E-state index in [0.29, 0.717) is 15.6 Å². The fourth-order valence-corrected chi connectivity index (χ4v) is 1.58. The number of aromatic nitrogens is 1. The van der Waals surface area contributed by atoms with E-state index in [1.807, 2.05) is 0 Å². The number of benzene rings is 1. The van der Waals surface area contributed by atoms with E-state index in [1.165, 1.54) is 12.1 Å². The summed E-state index contributed by atoms with van der Waals surface area (Å²) in [7, 11) is 0. The van der Waals surface area contributed by atoms with Gasteiger partial charge in [-0.05, 0) is 18.2 Å². The number of fused-ring (bicyclic) bond motifs is 1. The van der Waals surface area contributed by atoms with E-state index in [0.717, 1.165) is 0 Å². The number of anilines is 1. The topological polar surface area (TPSA) is 106 Å². The van der Waals surface area contributed by atoms with Gasteiger partial charge < -0.3 is 15.9 Å². The van der Waals surface area contributed by atoms with Crippen molar-refractivity contribution in [2.75, 3.05) is 5.73 Å². The van der Waals surface area contributed by atoms with Gasteiger partial charge in [-0.15, -0.1) is 0 Å². The lowest BCUT2D eigenvalue weighted by Gasteiger charge is -2.01. The molecule has 0 fully saturated rings. The van der Waals surface area contributed by atoms with E-state index < -0.39 is 12.1 Å². The number of rotatable bonds is 1. The van der Waals surface area contributed by atoms with Crippen LogP contribution in [0.4, 0.5) is 10.5 Å². The molecule has 0 aliphatic heterocycles. The van der Waals surface area contributed by atoms with Crippen LogP contribution in [-0.2, 0) is 0 Å². The summed E-state index contributed by atoms with van der Waals surface area (Å²) in [6, 6.07) is 5.89. The lowest BCUT2D eigenvalue weighted by molar-refractivity contribution is 0.0685. The molecule has 0 aliphatic carbocycles. The van der Waals surface area contributed by atoms with Crippen molar-refractivity contribution < 1.29 is 19.8 Å². The lowest BCUT2D eigenvalue weighted by atomic mass is 10.2. The molecule has 0 saturated heterocycles. The van der Waals surface area contributed by atoms with Gasteiger partial charge in [-0.3, -0.25) is 0 Å². The number of aromatic carboxylic acids is 1. The Kier molecular flexibility index (Phi) is 2.05. The number of nitrogen functional groups attached to an aromatic ring is 1. The van der Waals surface area contributed by atoms with Crippen molar-refractivity contribution in [3.8, 4) is 0 Å². The molecule has 0 radical (unpaired) electrons. The molecule has 2 aromatic rings. The summed E-state index contributed by atoms with van der Waals surface area (Å²) >= 11 is 0. The normalized spacial score (nSPS) is 10.5. The third-order valence-electron chi connectivity index (χ3n) is 2.24. The number of nitrogens with two attached hydrogens (primary N) is 1. The number of carboxylic acids is 1. The van der Waals surface area contributed by atoms with Crippen molar-refractivity contribution in [3.05, 3.63) is 30.0 Å². The van der Waals surface area contributed by atoms with E-state index in [1.54, 1.807) is 12.1 Å². The summed E-state index contributed by atoms with van der Waals surface area (Å²) in [5.74, 6) is -1.29. The molecule has 1 heterocycles. The Labute approximate surface area is 89.5 Å². The Bertz CT molecular complexity index is 600. The molecule has 1 aromatic carbocycles. The fourth-order valence-electron chi connectivity index (χ4n) is 1.58. The number of nitrogens with zero attached hydrogens (tertiary/aromatic N) is 1. The summed E-state index contributed by atoms with van der Waals surface area (Å²) < 4.78 is 0.702. The number of hydrogen-bond donors (Lipinski definition) is 3. The van der Waals surface area contributed by atoms with E-state index in [9.17, 15) is 9.59 Å². The van der Waals surface area contributed by atoms with Crippen LogP contribution in [-0.4, -0.2) is 26.8 Å². The lowest BCUT2D eigenvalue weighted by Crippen LogP contribution is -2.14. The van der Waals surface area contributed by atoms with Gasteiger partial charge in [0.05, 0.1) is 5.52 Å². The molecule has 0 bridgehead atoms. The van der Waals surface area contributed by atoms with Gasteiger partial charge in [0.15, 0.2) is 0 Å². The molecule has 4 N–H and O–H groups in total. The standard InChI is InChI=1S/C10H8N2O4/c11-6-2-1-5-3-8(9(13)14)12(10(15)16)7(5)4-6/h1-4H,11H2,(H,13,14)(H,15,16). The molecular formula is C10H8N2O4. The third kappa shape index (κ3) is 1.36. The maximum Gasteiger partial charge on any atom is 0.416 e. The van der Waals surface area contributed by atoms with Gasteiger partial charge in [-0.25, -0.2) is 14.2 Å². The zero-order valence-electron chi connectivity index (χ0n) is 8.04. The van der Waals surface area contributed by atoms with Crippen molar-refractivity contribution in [1.29, 1.82) is 0 Å². The molecule has 6 nitrogen and oxygen atoms in total. The summed E-state index contributed by atoms with van der Waals surface area (Å²) in [5, 5.41) is 18.3. The maximum atomic E-state index is 11.0. The molecule has 0 amide bonds. The highest BCUT2D eigenvalue weighted by Crippen LogP contribution is 2.22. The summed E-state index contributed by atoms with van der Waals surface area (Å²) in [6.45, 7) is 0. The first-order chi connectivity index (χ1) is 7.50. The average molecular weight is 220 g/mol. The van der Waals surface area contributed by atoms with Crippen LogP contribution in [0.1, 0.15) is 10.5 Å².